The average Bonchev–Trinajstić information content (AvgIpc) is 2.98. The molecule has 90 valence electrons. The van der Waals surface area contributed by atoms with Crippen molar-refractivity contribution in [2.75, 3.05) is 0 Å². The largest absolute Gasteiger partial charge is 0.255 e. The van der Waals surface area contributed by atoms with Gasteiger partial charge in [0.05, 0.1) is 18.1 Å². The van der Waals surface area contributed by atoms with E-state index in [0.717, 1.165) is 18.8 Å². The van der Waals surface area contributed by atoms with Crippen LogP contribution in [0.1, 0.15) is 0 Å². The SMILES string of the molecule is Brc1ccc(-c2ccc(-c3ccc(Br)s3)nc2)s1. The maximum atomic E-state index is 4.53. The monoisotopic (exact) mass is 399 g/mol. The number of aromatic nitrogens is 1. The minimum Gasteiger partial charge on any atom is -0.255 e. The van der Waals surface area contributed by atoms with Crippen molar-refractivity contribution in [2.45, 2.75) is 0 Å². The van der Waals surface area contributed by atoms with Gasteiger partial charge in [0.15, 0.2) is 0 Å². The van der Waals surface area contributed by atoms with Crippen LogP contribution in [-0.4, -0.2) is 4.98 Å². The fourth-order valence-electron chi connectivity index (χ4n) is 1.61. The van der Waals surface area contributed by atoms with E-state index >= 15 is 0 Å². The summed E-state index contributed by atoms with van der Waals surface area (Å²) in [5, 5.41) is 0. The summed E-state index contributed by atoms with van der Waals surface area (Å²) < 4.78 is 2.27. The van der Waals surface area contributed by atoms with Gasteiger partial charge in [-0.1, -0.05) is 0 Å². The zero-order chi connectivity index (χ0) is 12.5. The van der Waals surface area contributed by atoms with E-state index in [2.05, 4.69) is 67.2 Å². The minimum atomic E-state index is 1.02. The third-order valence-corrected chi connectivity index (χ3v) is 5.77. The van der Waals surface area contributed by atoms with Crippen molar-refractivity contribution in [3.63, 3.8) is 0 Å². The third kappa shape index (κ3) is 2.59. The fourth-order valence-corrected chi connectivity index (χ4v) is 4.35. The molecule has 0 bridgehead atoms. The first-order chi connectivity index (χ1) is 8.72. The maximum absolute atomic E-state index is 4.53. The average molecular weight is 401 g/mol. The van der Waals surface area contributed by atoms with E-state index in [1.807, 2.05) is 12.3 Å². The minimum absolute atomic E-state index is 1.02. The van der Waals surface area contributed by atoms with Crippen LogP contribution >= 0.6 is 54.5 Å². The highest BCUT2D eigenvalue weighted by atomic mass is 79.9. The van der Waals surface area contributed by atoms with E-state index in [1.54, 1.807) is 22.7 Å². The van der Waals surface area contributed by atoms with Crippen LogP contribution in [0.4, 0.5) is 0 Å². The van der Waals surface area contributed by atoms with Crippen LogP contribution in [0.5, 0.6) is 0 Å². The lowest BCUT2D eigenvalue weighted by atomic mass is 10.2. The Morgan fingerprint density at radius 3 is 1.94 bits per heavy atom. The van der Waals surface area contributed by atoms with E-state index in [0.29, 0.717) is 0 Å². The molecule has 0 spiro atoms. The normalized spacial score (nSPS) is 10.8. The molecular formula is C13H7Br2NS2. The van der Waals surface area contributed by atoms with E-state index in [-0.39, 0.29) is 0 Å². The van der Waals surface area contributed by atoms with E-state index < -0.39 is 0 Å². The fraction of sp³-hybridized carbons (Fsp3) is 0. The molecule has 0 amide bonds. The van der Waals surface area contributed by atoms with E-state index in [1.165, 1.54) is 9.75 Å². The molecule has 0 unspecified atom stereocenters. The van der Waals surface area contributed by atoms with Crippen LogP contribution in [0.3, 0.4) is 0 Å². The summed E-state index contributed by atoms with van der Waals surface area (Å²) in [6.45, 7) is 0. The molecule has 0 radical (unpaired) electrons. The molecule has 0 aliphatic carbocycles. The summed E-state index contributed by atoms with van der Waals surface area (Å²) in [6, 6.07) is 12.5. The lowest BCUT2D eigenvalue weighted by Gasteiger charge is -1.99. The smallest absolute Gasteiger partial charge is 0.0802 e. The molecule has 0 fully saturated rings. The molecule has 18 heavy (non-hydrogen) atoms. The summed E-state index contributed by atoms with van der Waals surface area (Å²) >= 11 is 10.4. The Balaban J connectivity index is 1.94. The van der Waals surface area contributed by atoms with Crippen LogP contribution in [0.25, 0.3) is 21.0 Å². The predicted molar refractivity (Wildman–Crippen MR) is 86.3 cm³/mol. The number of pyridine rings is 1. The van der Waals surface area contributed by atoms with Crippen molar-refractivity contribution in [3.8, 4) is 21.0 Å². The number of halogens is 2. The molecule has 0 aromatic carbocycles. The van der Waals surface area contributed by atoms with Crippen molar-refractivity contribution in [2.24, 2.45) is 0 Å². The Labute approximate surface area is 130 Å². The molecule has 5 heteroatoms. The van der Waals surface area contributed by atoms with Crippen molar-refractivity contribution < 1.29 is 0 Å². The first kappa shape index (κ1) is 12.5. The van der Waals surface area contributed by atoms with E-state index in [9.17, 15) is 0 Å². The highest BCUT2D eigenvalue weighted by molar-refractivity contribution is 9.11. The van der Waals surface area contributed by atoms with Gasteiger partial charge in [0, 0.05) is 16.6 Å². The molecule has 3 aromatic rings. The number of hydrogen-bond donors (Lipinski definition) is 0. The number of nitrogens with zero attached hydrogens (tertiary/aromatic N) is 1. The molecule has 3 heterocycles. The zero-order valence-corrected chi connectivity index (χ0v) is 13.9. The van der Waals surface area contributed by atoms with Gasteiger partial charge >= 0.3 is 0 Å². The molecule has 0 aliphatic heterocycles. The van der Waals surface area contributed by atoms with Gasteiger partial charge < -0.3 is 0 Å². The zero-order valence-electron chi connectivity index (χ0n) is 9.06. The highest BCUT2D eigenvalue weighted by Gasteiger charge is 2.05. The second-order valence-electron chi connectivity index (χ2n) is 3.64. The standard InChI is InChI=1S/C13H7Br2NS2/c14-12-5-3-10(17-12)8-1-2-9(16-7-8)11-4-6-13(15)18-11/h1-7H. The number of hydrogen-bond acceptors (Lipinski definition) is 3. The molecule has 3 aromatic heterocycles. The van der Waals surface area contributed by atoms with Crippen molar-refractivity contribution in [1.29, 1.82) is 0 Å². The summed E-state index contributed by atoms with van der Waals surface area (Å²) in [5.41, 5.74) is 2.18. The maximum Gasteiger partial charge on any atom is 0.0802 e. The van der Waals surface area contributed by atoms with Crippen molar-refractivity contribution in [1.82, 2.24) is 4.98 Å². The Kier molecular flexibility index (Phi) is 3.66. The van der Waals surface area contributed by atoms with Crippen molar-refractivity contribution in [3.05, 3.63) is 50.2 Å². The van der Waals surface area contributed by atoms with Gasteiger partial charge in [-0.3, -0.25) is 4.98 Å². The molecule has 1 nitrogen and oxygen atoms in total. The molecule has 0 N–H and O–H groups in total. The Hall–Kier alpha value is -0.490. The van der Waals surface area contributed by atoms with E-state index in [4.69, 9.17) is 0 Å². The molecule has 0 saturated heterocycles. The van der Waals surface area contributed by atoms with Crippen LogP contribution in [-0.2, 0) is 0 Å². The van der Waals surface area contributed by atoms with Crippen LogP contribution in [0.2, 0.25) is 0 Å². The summed E-state index contributed by atoms with van der Waals surface area (Å²) in [6.07, 6.45) is 1.93. The Morgan fingerprint density at radius 1 is 0.778 bits per heavy atom. The molecule has 3 rings (SSSR count). The molecule has 0 atom stereocenters. The van der Waals surface area contributed by atoms with Gasteiger partial charge in [0.25, 0.3) is 0 Å². The second-order valence-corrected chi connectivity index (χ2v) is 8.57. The van der Waals surface area contributed by atoms with Crippen LogP contribution in [0, 0.1) is 0 Å². The summed E-state index contributed by atoms with van der Waals surface area (Å²) in [5.74, 6) is 0. The van der Waals surface area contributed by atoms with Crippen molar-refractivity contribution >= 4 is 54.5 Å². The second kappa shape index (κ2) is 5.25. The van der Waals surface area contributed by atoms with Gasteiger partial charge in [-0.2, -0.15) is 0 Å². The van der Waals surface area contributed by atoms with Gasteiger partial charge in [-0.15, -0.1) is 22.7 Å². The number of rotatable bonds is 2. The van der Waals surface area contributed by atoms with Gasteiger partial charge in [-0.25, -0.2) is 0 Å². The Morgan fingerprint density at radius 2 is 1.44 bits per heavy atom. The topological polar surface area (TPSA) is 12.9 Å². The molecule has 0 saturated carbocycles. The predicted octanol–water partition coefficient (Wildman–Crippen LogP) is 6.06. The first-order valence-electron chi connectivity index (χ1n) is 5.20. The third-order valence-electron chi connectivity index (χ3n) is 2.45. The summed E-state index contributed by atoms with van der Waals surface area (Å²) in [4.78, 5) is 6.94. The van der Waals surface area contributed by atoms with Gasteiger partial charge in [0.1, 0.15) is 0 Å². The lowest BCUT2D eigenvalue weighted by Crippen LogP contribution is -1.80. The van der Waals surface area contributed by atoms with Crippen LogP contribution in [0.15, 0.2) is 50.2 Å². The molecule has 0 aliphatic rings. The van der Waals surface area contributed by atoms with Gasteiger partial charge in [-0.05, 0) is 68.3 Å². The quantitative estimate of drug-likeness (QED) is 0.509. The van der Waals surface area contributed by atoms with Crippen LogP contribution < -0.4 is 0 Å². The highest BCUT2D eigenvalue weighted by Crippen LogP contribution is 2.33. The molecular weight excluding hydrogens is 394 g/mol. The lowest BCUT2D eigenvalue weighted by molar-refractivity contribution is 1.34. The Bertz CT molecular complexity index is 611. The first-order valence-corrected chi connectivity index (χ1v) is 8.42. The van der Waals surface area contributed by atoms with Gasteiger partial charge in [0.2, 0.25) is 0 Å². The summed E-state index contributed by atoms with van der Waals surface area (Å²) in [7, 11) is 0. The number of thiophene rings is 2.